The van der Waals surface area contributed by atoms with Gasteiger partial charge in [0, 0.05) is 6.04 Å². The van der Waals surface area contributed by atoms with Crippen LogP contribution in [0.5, 0.6) is 0 Å². The normalized spacial score (nSPS) is 25.8. The van der Waals surface area contributed by atoms with Crippen LogP contribution in [-0.4, -0.2) is 6.54 Å². The van der Waals surface area contributed by atoms with E-state index < -0.39 is 11.6 Å². The van der Waals surface area contributed by atoms with Crippen molar-refractivity contribution in [3.8, 4) is 0 Å². The first-order valence-corrected chi connectivity index (χ1v) is 5.83. The second-order valence-electron chi connectivity index (χ2n) is 4.44. The van der Waals surface area contributed by atoms with Gasteiger partial charge in [0.15, 0.2) is 11.6 Å². The summed E-state index contributed by atoms with van der Waals surface area (Å²) < 4.78 is 26.2. The largest absolute Gasteiger partial charge is 0.310 e. The number of hydrogen-bond acceptors (Lipinski definition) is 1. The van der Waals surface area contributed by atoms with Crippen LogP contribution in [0.2, 0.25) is 5.02 Å². The predicted molar refractivity (Wildman–Crippen MR) is 60.5 cm³/mol. The number of benzene rings is 1. The Balaban J connectivity index is 2.21. The van der Waals surface area contributed by atoms with Crippen molar-refractivity contribution in [1.82, 2.24) is 5.32 Å². The molecule has 1 fully saturated rings. The summed E-state index contributed by atoms with van der Waals surface area (Å²) in [6.07, 6.45) is 2.02. The van der Waals surface area contributed by atoms with E-state index in [9.17, 15) is 8.78 Å². The van der Waals surface area contributed by atoms with Crippen molar-refractivity contribution < 1.29 is 8.78 Å². The topological polar surface area (TPSA) is 12.0 Å². The highest BCUT2D eigenvalue weighted by Gasteiger charge is 2.21. The van der Waals surface area contributed by atoms with Crippen molar-refractivity contribution in [2.75, 3.05) is 6.54 Å². The van der Waals surface area contributed by atoms with Crippen LogP contribution >= 0.6 is 11.6 Å². The molecule has 88 valence electrons. The number of halogens is 3. The Morgan fingerprint density at radius 2 is 2.06 bits per heavy atom. The quantitative estimate of drug-likeness (QED) is 0.745. The lowest BCUT2D eigenvalue weighted by atomic mass is 9.92. The third-order valence-electron chi connectivity index (χ3n) is 3.07. The van der Waals surface area contributed by atoms with Crippen LogP contribution in [0.1, 0.15) is 31.4 Å². The van der Waals surface area contributed by atoms with Crippen LogP contribution < -0.4 is 5.32 Å². The molecule has 2 atom stereocenters. The third kappa shape index (κ3) is 2.36. The van der Waals surface area contributed by atoms with Gasteiger partial charge in [0.05, 0.1) is 5.02 Å². The lowest BCUT2D eigenvalue weighted by Crippen LogP contribution is -2.31. The lowest BCUT2D eigenvalue weighted by molar-refractivity contribution is 0.332. The fraction of sp³-hybridized carbons (Fsp3) is 0.500. The fourth-order valence-corrected chi connectivity index (χ4v) is 2.28. The molecule has 1 saturated heterocycles. The molecular weight excluding hydrogens is 232 g/mol. The van der Waals surface area contributed by atoms with Crippen LogP contribution in [0, 0.1) is 17.6 Å². The monoisotopic (exact) mass is 245 g/mol. The summed E-state index contributed by atoms with van der Waals surface area (Å²) in [7, 11) is 0. The molecule has 1 N–H and O–H groups in total. The molecule has 0 amide bonds. The second-order valence-corrected chi connectivity index (χ2v) is 4.85. The molecule has 0 saturated carbocycles. The Kier molecular flexibility index (Phi) is 3.45. The molecule has 1 aliphatic heterocycles. The van der Waals surface area contributed by atoms with E-state index in [-0.39, 0.29) is 11.1 Å². The van der Waals surface area contributed by atoms with E-state index in [0.717, 1.165) is 24.9 Å². The average molecular weight is 246 g/mol. The Hall–Kier alpha value is -0.670. The summed E-state index contributed by atoms with van der Waals surface area (Å²) in [6, 6.07) is 2.83. The van der Waals surface area contributed by atoms with E-state index in [1.54, 1.807) is 0 Å². The predicted octanol–water partition coefficient (Wildman–Crippen LogP) is 3.68. The molecule has 1 aromatic rings. The maximum atomic E-state index is 13.2. The molecule has 0 spiro atoms. The summed E-state index contributed by atoms with van der Waals surface area (Å²) in [5.41, 5.74) is 0.732. The summed E-state index contributed by atoms with van der Waals surface area (Å²) in [5, 5.41) is 3.17. The van der Waals surface area contributed by atoms with Gasteiger partial charge in [0.1, 0.15) is 0 Å². The second kappa shape index (κ2) is 4.68. The minimum absolute atomic E-state index is 0.0869. The first kappa shape index (κ1) is 11.8. The average Bonchev–Trinajstić information content (AvgIpc) is 2.26. The number of rotatable bonds is 1. The fourth-order valence-electron chi connectivity index (χ4n) is 2.06. The molecule has 1 heterocycles. The van der Waals surface area contributed by atoms with Gasteiger partial charge in [0.25, 0.3) is 0 Å². The minimum atomic E-state index is -0.963. The summed E-state index contributed by atoms with van der Waals surface area (Å²) in [4.78, 5) is 0. The highest BCUT2D eigenvalue weighted by Crippen LogP contribution is 2.29. The van der Waals surface area contributed by atoms with Crippen LogP contribution in [0.3, 0.4) is 0 Å². The van der Waals surface area contributed by atoms with Gasteiger partial charge in [-0.15, -0.1) is 0 Å². The number of hydrogen-bond donors (Lipinski definition) is 1. The molecule has 16 heavy (non-hydrogen) atoms. The Bertz CT molecular complexity index is 364. The van der Waals surface area contributed by atoms with Gasteiger partial charge in [0.2, 0.25) is 0 Å². The maximum absolute atomic E-state index is 13.2. The molecule has 1 unspecified atom stereocenters. The van der Waals surface area contributed by atoms with Gasteiger partial charge in [-0.1, -0.05) is 18.5 Å². The van der Waals surface area contributed by atoms with Gasteiger partial charge in [-0.3, -0.25) is 0 Å². The third-order valence-corrected chi connectivity index (χ3v) is 3.34. The zero-order valence-corrected chi connectivity index (χ0v) is 9.82. The van der Waals surface area contributed by atoms with Gasteiger partial charge >= 0.3 is 0 Å². The number of piperidine rings is 1. The molecule has 4 heteroatoms. The summed E-state index contributed by atoms with van der Waals surface area (Å²) in [6.45, 7) is 3.07. The molecule has 0 aliphatic carbocycles. The molecule has 1 nitrogen and oxygen atoms in total. The first-order chi connectivity index (χ1) is 7.58. The van der Waals surface area contributed by atoms with Crippen molar-refractivity contribution in [2.45, 2.75) is 25.8 Å². The smallest absolute Gasteiger partial charge is 0.177 e. The molecule has 1 aromatic carbocycles. The highest BCUT2D eigenvalue weighted by molar-refractivity contribution is 6.30. The zero-order valence-electron chi connectivity index (χ0n) is 9.06. The van der Waals surface area contributed by atoms with Gasteiger partial charge in [-0.25, -0.2) is 8.78 Å². The Labute approximate surface area is 98.8 Å². The van der Waals surface area contributed by atoms with Crippen molar-refractivity contribution >= 4 is 11.6 Å². The first-order valence-electron chi connectivity index (χ1n) is 5.45. The van der Waals surface area contributed by atoms with E-state index in [2.05, 4.69) is 12.2 Å². The molecule has 1 aliphatic rings. The van der Waals surface area contributed by atoms with Gasteiger partial charge < -0.3 is 5.32 Å². The van der Waals surface area contributed by atoms with Gasteiger partial charge in [-0.2, -0.15) is 0 Å². The van der Waals surface area contributed by atoms with E-state index in [1.807, 2.05) is 0 Å². The van der Waals surface area contributed by atoms with Crippen molar-refractivity contribution in [3.63, 3.8) is 0 Å². The van der Waals surface area contributed by atoms with E-state index >= 15 is 0 Å². The molecule has 0 bridgehead atoms. The van der Waals surface area contributed by atoms with Crippen molar-refractivity contribution in [1.29, 1.82) is 0 Å². The van der Waals surface area contributed by atoms with Crippen molar-refractivity contribution in [3.05, 3.63) is 34.4 Å². The molecule has 0 aromatic heterocycles. The highest BCUT2D eigenvalue weighted by atomic mass is 35.5. The molecule has 0 radical (unpaired) electrons. The zero-order chi connectivity index (χ0) is 11.7. The SMILES string of the molecule is CC1CC[C@@H](c2cc(F)c(F)c(Cl)c2)NC1. The standard InChI is InChI=1S/C12H14ClF2N/c1-7-2-3-11(16-6-7)8-4-9(13)12(15)10(14)5-8/h4-5,7,11,16H,2-3,6H2,1H3/t7?,11-/m0/s1. The van der Waals surface area contributed by atoms with Crippen LogP contribution in [0.4, 0.5) is 8.78 Å². The molecular formula is C12H14ClF2N. The van der Waals surface area contributed by atoms with Crippen LogP contribution in [0.25, 0.3) is 0 Å². The van der Waals surface area contributed by atoms with E-state index in [1.165, 1.54) is 12.1 Å². The van der Waals surface area contributed by atoms with Crippen LogP contribution in [0.15, 0.2) is 12.1 Å². The minimum Gasteiger partial charge on any atom is -0.310 e. The van der Waals surface area contributed by atoms with Gasteiger partial charge in [-0.05, 0) is 43.0 Å². The molecule has 2 rings (SSSR count). The summed E-state index contributed by atoms with van der Waals surface area (Å²) >= 11 is 5.62. The number of nitrogens with one attached hydrogen (secondary N) is 1. The van der Waals surface area contributed by atoms with E-state index in [4.69, 9.17) is 11.6 Å². The van der Waals surface area contributed by atoms with Crippen molar-refractivity contribution in [2.24, 2.45) is 5.92 Å². The maximum Gasteiger partial charge on any atom is 0.177 e. The van der Waals surface area contributed by atoms with Crippen LogP contribution in [-0.2, 0) is 0 Å². The Morgan fingerprint density at radius 1 is 1.31 bits per heavy atom. The Morgan fingerprint density at radius 3 is 2.62 bits per heavy atom. The lowest BCUT2D eigenvalue weighted by Gasteiger charge is -2.28. The van der Waals surface area contributed by atoms with E-state index in [0.29, 0.717) is 5.92 Å². The summed E-state index contributed by atoms with van der Waals surface area (Å²) in [5.74, 6) is -1.20.